The molecule has 1 unspecified atom stereocenters. The summed E-state index contributed by atoms with van der Waals surface area (Å²) in [4.78, 5) is 16.6. The number of hydrogen-bond donors (Lipinski definition) is 2. The van der Waals surface area contributed by atoms with Crippen molar-refractivity contribution in [2.75, 3.05) is 13.1 Å². The molecule has 1 amide bonds. The number of amides is 1. The second-order valence-electron chi connectivity index (χ2n) is 6.29. The van der Waals surface area contributed by atoms with E-state index in [1.807, 2.05) is 43.7 Å². The Morgan fingerprint density at radius 3 is 2.74 bits per heavy atom. The van der Waals surface area contributed by atoms with Crippen molar-refractivity contribution in [3.63, 3.8) is 0 Å². The van der Waals surface area contributed by atoms with Gasteiger partial charge in [-0.1, -0.05) is 13.0 Å². The average Bonchev–Trinajstić information content (AvgIpc) is 2.82. The Kier molecular flexibility index (Phi) is 4.43. The van der Waals surface area contributed by atoms with Crippen LogP contribution in [0, 0.1) is 25.7 Å². The average molecular weight is 313 g/mol. The van der Waals surface area contributed by atoms with E-state index < -0.39 is 0 Å². The molecule has 0 saturated carbocycles. The van der Waals surface area contributed by atoms with E-state index in [1.165, 1.54) is 0 Å². The van der Waals surface area contributed by atoms with Gasteiger partial charge in [0.2, 0.25) is 5.91 Å². The molecule has 0 spiro atoms. The van der Waals surface area contributed by atoms with Gasteiger partial charge >= 0.3 is 0 Å². The van der Waals surface area contributed by atoms with Crippen molar-refractivity contribution in [3.05, 3.63) is 41.3 Å². The molecule has 0 radical (unpaired) electrons. The molecule has 23 heavy (non-hydrogen) atoms. The summed E-state index contributed by atoms with van der Waals surface area (Å²) in [5.41, 5.74) is 3.02. The quantitative estimate of drug-likeness (QED) is 0.874. The van der Waals surface area contributed by atoms with Crippen LogP contribution in [-0.2, 0) is 11.3 Å². The van der Waals surface area contributed by atoms with Crippen molar-refractivity contribution in [1.82, 2.24) is 25.4 Å². The Hall–Kier alpha value is -2.21. The number of pyridine rings is 1. The van der Waals surface area contributed by atoms with Crippen molar-refractivity contribution < 1.29 is 4.79 Å². The van der Waals surface area contributed by atoms with Crippen LogP contribution in [0.1, 0.15) is 23.9 Å². The molecule has 2 N–H and O–H groups in total. The molecule has 3 rings (SSSR count). The molecule has 6 nitrogen and oxygen atoms in total. The molecule has 1 aliphatic heterocycles. The van der Waals surface area contributed by atoms with Crippen molar-refractivity contribution in [2.24, 2.45) is 11.8 Å². The van der Waals surface area contributed by atoms with E-state index in [0.29, 0.717) is 12.5 Å². The van der Waals surface area contributed by atoms with Crippen LogP contribution in [0.2, 0.25) is 0 Å². The van der Waals surface area contributed by atoms with Crippen molar-refractivity contribution in [2.45, 2.75) is 27.3 Å². The highest BCUT2D eigenvalue weighted by atomic mass is 16.1. The van der Waals surface area contributed by atoms with Gasteiger partial charge < -0.3 is 10.6 Å². The number of nitrogens with one attached hydrogen (secondary N) is 2. The Morgan fingerprint density at radius 2 is 2.22 bits per heavy atom. The fourth-order valence-corrected chi connectivity index (χ4v) is 2.74. The summed E-state index contributed by atoms with van der Waals surface area (Å²) in [6, 6.07) is 5.93. The van der Waals surface area contributed by atoms with Crippen LogP contribution in [0.4, 0.5) is 0 Å². The molecule has 0 bridgehead atoms. The fraction of sp³-hybridized carbons (Fsp3) is 0.471. The highest BCUT2D eigenvalue weighted by molar-refractivity contribution is 5.78. The lowest BCUT2D eigenvalue weighted by molar-refractivity contribution is -0.126. The number of hydrogen-bond acceptors (Lipinski definition) is 4. The maximum Gasteiger partial charge on any atom is 0.223 e. The highest BCUT2D eigenvalue weighted by Crippen LogP contribution is 2.16. The number of carbonyl (C=O) groups is 1. The van der Waals surface area contributed by atoms with Crippen LogP contribution in [0.5, 0.6) is 0 Å². The Bertz CT molecular complexity index is 688. The van der Waals surface area contributed by atoms with Gasteiger partial charge in [-0.25, -0.2) is 9.67 Å². The van der Waals surface area contributed by atoms with Gasteiger partial charge in [-0.3, -0.25) is 4.79 Å². The molecule has 2 aromatic rings. The van der Waals surface area contributed by atoms with E-state index in [2.05, 4.69) is 20.7 Å². The summed E-state index contributed by atoms with van der Waals surface area (Å²) in [5, 5.41) is 10.6. The van der Waals surface area contributed by atoms with Crippen molar-refractivity contribution in [1.29, 1.82) is 0 Å². The Morgan fingerprint density at radius 1 is 1.43 bits per heavy atom. The molecule has 0 aromatic carbocycles. The summed E-state index contributed by atoms with van der Waals surface area (Å²) in [6.07, 6.45) is 1.79. The summed E-state index contributed by atoms with van der Waals surface area (Å²) in [5.74, 6) is 1.42. The zero-order chi connectivity index (χ0) is 16.4. The molecule has 6 heteroatoms. The van der Waals surface area contributed by atoms with Crippen LogP contribution in [0.15, 0.2) is 24.4 Å². The first-order valence-electron chi connectivity index (χ1n) is 8.01. The minimum Gasteiger partial charge on any atom is -0.352 e. The molecule has 122 valence electrons. The maximum atomic E-state index is 12.1. The second kappa shape index (κ2) is 6.50. The Balaban J connectivity index is 1.59. The highest BCUT2D eigenvalue weighted by Gasteiger charge is 2.28. The van der Waals surface area contributed by atoms with E-state index in [-0.39, 0.29) is 11.8 Å². The molecule has 0 aliphatic carbocycles. The third-order valence-electron chi connectivity index (χ3n) is 4.44. The topological polar surface area (TPSA) is 71.8 Å². The molecule has 2 aromatic heterocycles. The minimum absolute atomic E-state index is 0.0539. The van der Waals surface area contributed by atoms with Crippen LogP contribution in [-0.4, -0.2) is 33.8 Å². The molecule has 3 heterocycles. The van der Waals surface area contributed by atoms with E-state index in [9.17, 15) is 4.79 Å². The third kappa shape index (κ3) is 3.42. The minimum atomic E-state index is 0.0539. The van der Waals surface area contributed by atoms with E-state index >= 15 is 0 Å². The van der Waals surface area contributed by atoms with Gasteiger partial charge in [0.1, 0.15) is 0 Å². The van der Waals surface area contributed by atoms with Gasteiger partial charge in [-0.05, 0) is 50.6 Å². The lowest BCUT2D eigenvalue weighted by Crippen LogP contribution is -2.49. The van der Waals surface area contributed by atoms with E-state index in [0.717, 1.165) is 35.9 Å². The van der Waals surface area contributed by atoms with Crippen LogP contribution in [0.3, 0.4) is 0 Å². The fourth-order valence-electron chi connectivity index (χ4n) is 2.74. The first-order chi connectivity index (χ1) is 11.0. The SMILES string of the molecule is Cc1cc(C)n(-c2ccc(CNC(=O)C(C)C3CNC3)cn2)n1. The normalized spacial score (nSPS) is 16.0. The number of aryl methyl sites for hydroxylation is 2. The van der Waals surface area contributed by atoms with Crippen molar-refractivity contribution in [3.8, 4) is 5.82 Å². The van der Waals surface area contributed by atoms with Gasteiger partial charge in [-0.15, -0.1) is 0 Å². The first-order valence-corrected chi connectivity index (χ1v) is 8.01. The van der Waals surface area contributed by atoms with E-state index in [4.69, 9.17) is 0 Å². The smallest absolute Gasteiger partial charge is 0.223 e. The van der Waals surface area contributed by atoms with Gasteiger partial charge in [0, 0.05) is 24.4 Å². The number of aromatic nitrogens is 3. The monoisotopic (exact) mass is 313 g/mol. The zero-order valence-corrected chi connectivity index (χ0v) is 13.8. The van der Waals surface area contributed by atoms with Gasteiger partial charge in [-0.2, -0.15) is 5.10 Å². The number of nitrogens with zero attached hydrogens (tertiary/aromatic N) is 3. The molecule has 1 saturated heterocycles. The molecule has 1 atom stereocenters. The number of carbonyl (C=O) groups excluding carboxylic acids is 1. The molecule has 1 fully saturated rings. The zero-order valence-electron chi connectivity index (χ0n) is 13.8. The van der Waals surface area contributed by atoms with Gasteiger partial charge in [0.05, 0.1) is 5.69 Å². The number of rotatable bonds is 5. The van der Waals surface area contributed by atoms with Crippen LogP contribution < -0.4 is 10.6 Å². The van der Waals surface area contributed by atoms with Gasteiger partial charge in [0.15, 0.2) is 5.82 Å². The molecule has 1 aliphatic rings. The summed E-state index contributed by atoms with van der Waals surface area (Å²) in [7, 11) is 0. The third-order valence-corrected chi connectivity index (χ3v) is 4.44. The lowest BCUT2D eigenvalue weighted by atomic mass is 9.88. The van der Waals surface area contributed by atoms with Crippen LogP contribution in [0.25, 0.3) is 5.82 Å². The molecular formula is C17H23N5O. The standard InChI is InChI=1S/C17H23N5O/c1-11-6-12(2)22(21-11)16-5-4-14(7-19-16)8-20-17(23)13(3)15-9-18-10-15/h4-7,13,15,18H,8-10H2,1-3H3,(H,20,23). The largest absolute Gasteiger partial charge is 0.352 e. The first kappa shape index (κ1) is 15.7. The van der Waals surface area contributed by atoms with E-state index in [1.54, 1.807) is 6.20 Å². The predicted molar refractivity (Wildman–Crippen MR) is 88.2 cm³/mol. The lowest BCUT2D eigenvalue weighted by Gasteiger charge is -2.31. The van der Waals surface area contributed by atoms with Crippen molar-refractivity contribution >= 4 is 5.91 Å². The predicted octanol–water partition coefficient (Wildman–Crippen LogP) is 1.36. The summed E-state index contributed by atoms with van der Waals surface area (Å²) >= 11 is 0. The van der Waals surface area contributed by atoms with Gasteiger partial charge in [0.25, 0.3) is 0 Å². The molecular weight excluding hydrogens is 290 g/mol. The second-order valence-corrected chi connectivity index (χ2v) is 6.29. The summed E-state index contributed by atoms with van der Waals surface area (Å²) < 4.78 is 1.82. The maximum absolute atomic E-state index is 12.1. The Labute approximate surface area is 136 Å². The summed E-state index contributed by atoms with van der Waals surface area (Å²) in [6.45, 7) is 8.35. The van der Waals surface area contributed by atoms with Crippen LogP contribution >= 0.6 is 0 Å².